The molecular weight excluding hydrogens is 224 g/mol. The highest BCUT2D eigenvalue weighted by molar-refractivity contribution is 5.75. The molecule has 0 aromatic rings. The lowest BCUT2D eigenvalue weighted by atomic mass is 9.72. The summed E-state index contributed by atoms with van der Waals surface area (Å²) in [4.78, 5) is 14.0. The Morgan fingerprint density at radius 1 is 1.22 bits per heavy atom. The summed E-state index contributed by atoms with van der Waals surface area (Å²) in [6, 6.07) is 0. The molecule has 0 unspecified atom stereocenters. The van der Waals surface area contributed by atoms with Gasteiger partial charge in [0.05, 0.1) is 0 Å². The lowest BCUT2D eigenvalue weighted by Crippen LogP contribution is -2.58. The smallest absolute Gasteiger partial charge is 0.219 e. The van der Waals surface area contributed by atoms with Crippen LogP contribution in [0.25, 0.3) is 0 Å². The Kier molecular flexibility index (Phi) is 4.82. The number of rotatable bonds is 4. The van der Waals surface area contributed by atoms with Crippen LogP contribution in [0.5, 0.6) is 0 Å². The summed E-state index contributed by atoms with van der Waals surface area (Å²) < 4.78 is 0. The minimum atomic E-state index is 0.201. The van der Waals surface area contributed by atoms with Gasteiger partial charge in [0.1, 0.15) is 0 Å². The van der Waals surface area contributed by atoms with E-state index in [1.807, 2.05) is 6.92 Å². The van der Waals surface area contributed by atoms with Crippen LogP contribution in [0.2, 0.25) is 0 Å². The number of nitrogens with one attached hydrogen (secondary N) is 1. The number of hydrogen-bond donors (Lipinski definition) is 1. The number of hydrogen-bond acceptors (Lipinski definition) is 2. The Bertz CT molecular complexity index is 279. The van der Waals surface area contributed by atoms with Gasteiger partial charge in [-0.2, -0.15) is 0 Å². The van der Waals surface area contributed by atoms with Crippen molar-refractivity contribution >= 4 is 5.91 Å². The highest BCUT2D eigenvalue weighted by atomic mass is 16.1. The zero-order chi connectivity index (χ0) is 14.0. The number of nitrogens with zero attached hydrogens (tertiary/aromatic N) is 1. The molecule has 18 heavy (non-hydrogen) atoms. The van der Waals surface area contributed by atoms with Crippen molar-refractivity contribution in [2.75, 3.05) is 13.6 Å². The quantitative estimate of drug-likeness (QED) is 0.836. The molecule has 1 saturated heterocycles. The molecule has 0 radical (unpaired) electrons. The van der Waals surface area contributed by atoms with Crippen molar-refractivity contribution < 1.29 is 4.79 Å². The molecule has 1 heterocycles. The van der Waals surface area contributed by atoms with Crippen molar-refractivity contribution in [2.45, 2.75) is 71.4 Å². The van der Waals surface area contributed by atoms with Crippen molar-refractivity contribution in [3.05, 3.63) is 0 Å². The summed E-state index contributed by atoms with van der Waals surface area (Å²) in [5.74, 6) is 0.862. The van der Waals surface area contributed by atoms with E-state index in [9.17, 15) is 4.79 Å². The number of likely N-dealkylation sites (tertiary alicyclic amines) is 1. The van der Waals surface area contributed by atoms with Gasteiger partial charge >= 0.3 is 0 Å². The number of carbonyl (C=O) groups is 1. The monoisotopic (exact) mass is 254 g/mol. The first-order valence-electron chi connectivity index (χ1n) is 7.19. The van der Waals surface area contributed by atoms with E-state index in [4.69, 9.17) is 0 Å². The molecule has 1 N–H and O–H groups in total. The molecule has 106 valence electrons. The van der Waals surface area contributed by atoms with Gasteiger partial charge in [-0.25, -0.2) is 0 Å². The fourth-order valence-corrected chi connectivity index (χ4v) is 3.40. The molecule has 0 saturated carbocycles. The Hall–Kier alpha value is -0.570. The summed E-state index contributed by atoms with van der Waals surface area (Å²) >= 11 is 0. The Balaban J connectivity index is 2.56. The van der Waals surface area contributed by atoms with Crippen molar-refractivity contribution in [3.63, 3.8) is 0 Å². The van der Waals surface area contributed by atoms with E-state index in [-0.39, 0.29) is 17.0 Å². The minimum Gasteiger partial charge on any atom is -0.356 e. The molecule has 3 nitrogen and oxygen atoms in total. The molecule has 1 amide bonds. The molecule has 1 rings (SSSR count). The Morgan fingerprint density at radius 3 is 2.17 bits per heavy atom. The second kappa shape index (κ2) is 5.60. The van der Waals surface area contributed by atoms with Crippen molar-refractivity contribution in [3.8, 4) is 0 Å². The van der Waals surface area contributed by atoms with E-state index in [2.05, 4.69) is 45.0 Å². The van der Waals surface area contributed by atoms with E-state index in [0.29, 0.717) is 12.3 Å². The SMILES string of the molecule is CCNC(=O)CCC1CC(C)(C)N(C)C(C)(C)C1. The van der Waals surface area contributed by atoms with Gasteiger partial charge in [-0.05, 0) is 66.8 Å². The Morgan fingerprint density at radius 2 is 1.72 bits per heavy atom. The molecule has 0 aromatic heterocycles. The molecule has 3 heteroatoms. The topological polar surface area (TPSA) is 32.3 Å². The van der Waals surface area contributed by atoms with E-state index >= 15 is 0 Å². The molecule has 1 aliphatic rings. The van der Waals surface area contributed by atoms with Crippen LogP contribution in [0.1, 0.15) is 60.3 Å². The van der Waals surface area contributed by atoms with Crippen LogP contribution in [-0.2, 0) is 4.79 Å². The average molecular weight is 254 g/mol. The molecule has 1 aliphatic heterocycles. The summed E-state index contributed by atoms with van der Waals surface area (Å²) in [5.41, 5.74) is 0.460. The van der Waals surface area contributed by atoms with Crippen LogP contribution in [-0.4, -0.2) is 35.5 Å². The molecule has 1 fully saturated rings. The molecule has 0 spiro atoms. The summed E-state index contributed by atoms with van der Waals surface area (Å²) in [6.45, 7) is 12.0. The van der Waals surface area contributed by atoms with E-state index in [1.54, 1.807) is 0 Å². The molecule has 0 aromatic carbocycles. The van der Waals surface area contributed by atoms with Gasteiger partial charge in [0.25, 0.3) is 0 Å². The lowest BCUT2D eigenvalue weighted by Gasteiger charge is -2.53. The van der Waals surface area contributed by atoms with Gasteiger partial charge in [-0.1, -0.05) is 0 Å². The van der Waals surface area contributed by atoms with Crippen LogP contribution in [0.15, 0.2) is 0 Å². The first kappa shape index (κ1) is 15.5. The van der Waals surface area contributed by atoms with Gasteiger partial charge in [-0.15, -0.1) is 0 Å². The first-order chi connectivity index (χ1) is 8.19. The summed E-state index contributed by atoms with van der Waals surface area (Å²) in [7, 11) is 2.22. The van der Waals surface area contributed by atoms with Crippen LogP contribution in [0.4, 0.5) is 0 Å². The van der Waals surface area contributed by atoms with Gasteiger partial charge in [0.15, 0.2) is 0 Å². The largest absolute Gasteiger partial charge is 0.356 e. The van der Waals surface area contributed by atoms with Crippen molar-refractivity contribution in [1.29, 1.82) is 0 Å². The van der Waals surface area contributed by atoms with E-state index < -0.39 is 0 Å². The average Bonchev–Trinajstić information content (AvgIpc) is 2.23. The van der Waals surface area contributed by atoms with Crippen LogP contribution in [0, 0.1) is 5.92 Å². The fraction of sp³-hybridized carbons (Fsp3) is 0.933. The molecule has 0 aliphatic carbocycles. The third kappa shape index (κ3) is 3.71. The van der Waals surface area contributed by atoms with Crippen LogP contribution >= 0.6 is 0 Å². The van der Waals surface area contributed by atoms with Gasteiger partial charge in [0.2, 0.25) is 5.91 Å². The Labute approximate surface area is 112 Å². The number of carbonyl (C=O) groups excluding carboxylic acids is 1. The van der Waals surface area contributed by atoms with E-state index in [0.717, 1.165) is 13.0 Å². The maximum atomic E-state index is 11.6. The predicted molar refractivity (Wildman–Crippen MR) is 76.6 cm³/mol. The maximum Gasteiger partial charge on any atom is 0.219 e. The zero-order valence-electron chi connectivity index (χ0n) is 13.0. The highest BCUT2D eigenvalue weighted by Gasteiger charge is 2.42. The highest BCUT2D eigenvalue weighted by Crippen LogP contribution is 2.41. The van der Waals surface area contributed by atoms with Crippen LogP contribution in [0.3, 0.4) is 0 Å². The third-order valence-electron chi connectivity index (χ3n) is 4.55. The first-order valence-corrected chi connectivity index (χ1v) is 7.19. The van der Waals surface area contributed by atoms with Gasteiger partial charge in [-0.3, -0.25) is 9.69 Å². The number of piperidine rings is 1. The van der Waals surface area contributed by atoms with Crippen molar-refractivity contribution in [1.82, 2.24) is 10.2 Å². The fourth-order valence-electron chi connectivity index (χ4n) is 3.40. The lowest BCUT2D eigenvalue weighted by molar-refractivity contribution is -0.121. The van der Waals surface area contributed by atoms with Gasteiger partial charge < -0.3 is 5.32 Å². The summed E-state index contributed by atoms with van der Waals surface area (Å²) in [6.07, 6.45) is 4.07. The minimum absolute atomic E-state index is 0.201. The van der Waals surface area contributed by atoms with E-state index in [1.165, 1.54) is 12.8 Å². The summed E-state index contributed by atoms with van der Waals surface area (Å²) in [5, 5.41) is 2.89. The second-order valence-electron chi connectivity index (χ2n) is 6.95. The van der Waals surface area contributed by atoms with Crippen molar-refractivity contribution in [2.24, 2.45) is 5.92 Å². The number of amides is 1. The standard InChI is InChI=1S/C15H30N2O/c1-7-16-13(18)9-8-12-10-14(2,3)17(6)15(4,5)11-12/h12H,7-11H2,1-6H3,(H,16,18). The second-order valence-corrected chi connectivity index (χ2v) is 6.95. The zero-order valence-corrected chi connectivity index (χ0v) is 13.0. The normalized spacial score (nSPS) is 23.9. The molecule has 0 bridgehead atoms. The molecular formula is C15H30N2O. The third-order valence-corrected chi connectivity index (χ3v) is 4.55. The maximum absolute atomic E-state index is 11.6. The predicted octanol–water partition coefficient (Wildman–Crippen LogP) is 2.80. The van der Waals surface area contributed by atoms with Gasteiger partial charge in [0, 0.05) is 24.0 Å². The van der Waals surface area contributed by atoms with Crippen LogP contribution < -0.4 is 5.32 Å². The molecule has 0 atom stereocenters.